The third kappa shape index (κ3) is 2.74. The fourth-order valence-corrected chi connectivity index (χ4v) is 2.71. The maximum absolute atomic E-state index is 13.4. The summed E-state index contributed by atoms with van der Waals surface area (Å²) in [5.74, 6) is -0.497. The largest absolute Gasteiger partial charge is 0.353 e. The van der Waals surface area contributed by atoms with E-state index >= 15 is 0 Å². The summed E-state index contributed by atoms with van der Waals surface area (Å²) in [5.41, 5.74) is 2.52. The minimum Gasteiger partial charge on any atom is -0.353 e. The second-order valence-electron chi connectivity index (χ2n) is 5.45. The van der Waals surface area contributed by atoms with Crippen molar-refractivity contribution >= 4 is 10.9 Å². The molecule has 3 nitrogen and oxygen atoms in total. The molecule has 2 aromatic carbocycles. The SMILES string of the molecule is CCCc1ccc(-c2[nH]c3ccc(F)cc3c(=O)c2C#N)cc1. The van der Waals surface area contributed by atoms with Crippen LogP contribution in [0.15, 0.2) is 47.3 Å². The van der Waals surface area contributed by atoms with Gasteiger partial charge in [0, 0.05) is 5.39 Å². The normalized spacial score (nSPS) is 10.7. The molecule has 23 heavy (non-hydrogen) atoms. The number of rotatable bonds is 3. The summed E-state index contributed by atoms with van der Waals surface area (Å²) >= 11 is 0. The number of nitrogens with one attached hydrogen (secondary N) is 1. The van der Waals surface area contributed by atoms with Crippen molar-refractivity contribution in [3.63, 3.8) is 0 Å². The van der Waals surface area contributed by atoms with Crippen molar-refractivity contribution in [2.24, 2.45) is 0 Å². The van der Waals surface area contributed by atoms with E-state index in [1.54, 1.807) is 0 Å². The second-order valence-corrected chi connectivity index (χ2v) is 5.45. The van der Waals surface area contributed by atoms with Crippen LogP contribution in [0.1, 0.15) is 24.5 Å². The Labute approximate surface area is 133 Å². The molecule has 0 fully saturated rings. The number of fused-ring (bicyclic) bond motifs is 1. The third-order valence-electron chi connectivity index (χ3n) is 3.86. The van der Waals surface area contributed by atoms with Crippen molar-refractivity contribution in [2.75, 3.05) is 0 Å². The summed E-state index contributed by atoms with van der Waals surface area (Å²) in [5, 5.41) is 9.55. The lowest BCUT2D eigenvalue weighted by molar-refractivity contribution is 0.629. The lowest BCUT2D eigenvalue weighted by Gasteiger charge is -2.08. The van der Waals surface area contributed by atoms with Gasteiger partial charge in [0.2, 0.25) is 5.43 Å². The number of benzene rings is 2. The molecule has 3 rings (SSSR count). The van der Waals surface area contributed by atoms with Gasteiger partial charge >= 0.3 is 0 Å². The molecule has 0 aliphatic heterocycles. The summed E-state index contributed by atoms with van der Waals surface area (Å²) in [6, 6.07) is 13.7. The summed E-state index contributed by atoms with van der Waals surface area (Å²) < 4.78 is 13.4. The number of halogens is 1. The molecule has 0 atom stereocenters. The Balaban J connectivity index is 2.23. The van der Waals surface area contributed by atoms with Crippen LogP contribution in [0, 0.1) is 17.1 Å². The van der Waals surface area contributed by atoms with Crippen LogP contribution < -0.4 is 5.43 Å². The van der Waals surface area contributed by atoms with E-state index in [1.165, 1.54) is 17.7 Å². The molecule has 0 aliphatic carbocycles. The highest BCUT2D eigenvalue weighted by Gasteiger charge is 2.14. The molecular weight excluding hydrogens is 291 g/mol. The predicted molar refractivity (Wildman–Crippen MR) is 88.7 cm³/mol. The first-order valence-corrected chi connectivity index (χ1v) is 7.49. The van der Waals surface area contributed by atoms with Crippen LogP contribution in [0.5, 0.6) is 0 Å². The van der Waals surface area contributed by atoms with Crippen molar-refractivity contribution in [1.29, 1.82) is 5.26 Å². The van der Waals surface area contributed by atoms with E-state index in [-0.39, 0.29) is 10.9 Å². The lowest BCUT2D eigenvalue weighted by atomic mass is 10.0. The van der Waals surface area contributed by atoms with E-state index in [0.717, 1.165) is 24.5 Å². The van der Waals surface area contributed by atoms with Crippen LogP contribution in [0.2, 0.25) is 0 Å². The fourth-order valence-electron chi connectivity index (χ4n) is 2.71. The molecule has 114 valence electrons. The van der Waals surface area contributed by atoms with Crippen molar-refractivity contribution in [1.82, 2.24) is 4.98 Å². The molecule has 1 heterocycles. The average Bonchev–Trinajstić information content (AvgIpc) is 2.56. The van der Waals surface area contributed by atoms with Crippen molar-refractivity contribution < 1.29 is 4.39 Å². The lowest BCUT2D eigenvalue weighted by Crippen LogP contribution is -2.10. The standard InChI is InChI=1S/C19H15FN2O/c1-2-3-12-4-6-13(7-5-12)18-16(11-21)19(23)15-10-14(20)8-9-17(15)22-18/h4-10H,2-3H2,1H3,(H,22,23). The molecule has 0 radical (unpaired) electrons. The van der Waals surface area contributed by atoms with Gasteiger partial charge in [0.1, 0.15) is 17.4 Å². The van der Waals surface area contributed by atoms with E-state index in [4.69, 9.17) is 0 Å². The Morgan fingerprint density at radius 3 is 2.57 bits per heavy atom. The number of hydrogen-bond acceptors (Lipinski definition) is 2. The highest BCUT2D eigenvalue weighted by Crippen LogP contribution is 2.23. The van der Waals surface area contributed by atoms with Crippen LogP contribution in [0.25, 0.3) is 22.2 Å². The van der Waals surface area contributed by atoms with Gasteiger partial charge < -0.3 is 4.98 Å². The number of H-pyrrole nitrogens is 1. The van der Waals surface area contributed by atoms with Crippen LogP contribution in [-0.4, -0.2) is 4.98 Å². The topological polar surface area (TPSA) is 56.6 Å². The number of hydrogen-bond donors (Lipinski definition) is 1. The molecular formula is C19H15FN2O. The maximum atomic E-state index is 13.4. The zero-order chi connectivity index (χ0) is 16.4. The summed E-state index contributed by atoms with van der Waals surface area (Å²) in [4.78, 5) is 15.6. The predicted octanol–water partition coefficient (Wildman–Crippen LogP) is 4.16. The Hall–Kier alpha value is -2.93. The number of nitriles is 1. The van der Waals surface area contributed by atoms with E-state index in [1.807, 2.05) is 30.3 Å². The molecule has 0 unspecified atom stereocenters. The third-order valence-corrected chi connectivity index (χ3v) is 3.86. The quantitative estimate of drug-likeness (QED) is 0.790. The van der Waals surface area contributed by atoms with Gasteiger partial charge in [-0.15, -0.1) is 0 Å². The molecule has 1 N–H and O–H groups in total. The number of aryl methyl sites for hydroxylation is 1. The maximum Gasteiger partial charge on any atom is 0.207 e. The smallest absolute Gasteiger partial charge is 0.207 e. The van der Waals surface area contributed by atoms with Crippen LogP contribution in [0.4, 0.5) is 4.39 Å². The van der Waals surface area contributed by atoms with Crippen molar-refractivity contribution in [2.45, 2.75) is 19.8 Å². The highest BCUT2D eigenvalue weighted by atomic mass is 19.1. The summed E-state index contributed by atoms with van der Waals surface area (Å²) in [6.07, 6.45) is 2.04. The zero-order valence-corrected chi connectivity index (χ0v) is 12.7. The van der Waals surface area contributed by atoms with Crippen molar-refractivity contribution in [3.8, 4) is 17.3 Å². The Morgan fingerprint density at radius 1 is 1.17 bits per heavy atom. The van der Waals surface area contributed by atoms with E-state index in [9.17, 15) is 14.4 Å². The van der Waals surface area contributed by atoms with Gasteiger partial charge in [0.05, 0.1) is 11.2 Å². The molecule has 0 spiro atoms. The fraction of sp³-hybridized carbons (Fsp3) is 0.158. The molecule has 3 aromatic rings. The Kier molecular flexibility index (Phi) is 3.94. The Bertz CT molecular complexity index is 966. The van der Waals surface area contributed by atoms with Crippen molar-refractivity contribution in [3.05, 3.63) is 69.6 Å². The first-order chi connectivity index (χ1) is 11.1. The first kappa shape index (κ1) is 15.0. The number of aromatic amines is 1. The van der Waals surface area contributed by atoms with E-state index in [0.29, 0.717) is 11.2 Å². The van der Waals surface area contributed by atoms with Crippen LogP contribution in [0.3, 0.4) is 0 Å². The molecule has 0 saturated heterocycles. The number of nitrogens with zero attached hydrogens (tertiary/aromatic N) is 1. The number of pyridine rings is 1. The molecule has 1 aromatic heterocycles. The summed E-state index contributed by atoms with van der Waals surface area (Å²) in [6.45, 7) is 2.11. The minimum absolute atomic E-state index is 0.00587. The van der Waals surface area contributed by atoms with Crippen LogP contribution in [-0.2, 0) is 6.42 Å². The minimum atomic E-state index is -0.497. The van der Waals surface area contributed by atoms with Gasteiger partial charge in [-0.05, 0) is 35.7 Å². The molecule has 4 heteroatoms. The van der Waals surface area contributed by atoms with Gasteiger partial charge in [-0.2, -0.15) is 5.26 Å². The monoisotopic (exact) mass is 306 g/mol. The molecule has 0 aliphatic rings. The van der Waals surface area contributed by atoms with Gasteiger partial charge in [-0.1, -0.05) is 37.6 Å². The van der Waals surface area contributed by atoms with Crippen LogP contribution >= 0.6 is 0 Å². The van der Waals surface area contributed by atoms with E-state index in [2.05, 4.69) is 11.9 Å². The first-order valence-electron chi connectivity index (χ1n) is 7.49. The van der Waals surface area contributed by atoms with Gasteiger partial charge in [0.15, 0.2) is 0 Å². The zero-order valence-electron chi connectivity index (χ0n) is 12.7. The summed E-state index contributed by atoms with van der Waals surface area (Å²) in [7, 11) is 0. The molecule has 0 amide bonds. The van der Waals surface area contributed by atoms with Gasteiger partial charge in [-0.3, -0.25) is 4.79 Å². The highest BCUT2D eigenvalue weighted by molar-refractivity contribution is 5.84. The van der Waals surface area contributed by atoms with E-state index < -0.39 is 11.2 Å². The molecule has 0 bridgehead atoms. The van der Waals surface area contributed by atoms with Gasteiger partial charge in [0.25, 0.3) is 0 Å². The Morgan fingerprint density at radius 2 is 1.91 bits per heavy atom. The number of aromatic nitrogens is 1. The molecule has 0 saturated carbocycles. The van der Waals surface area contributed by atoms with Gasteiger partial charge in [-0.25, -0.2) is 4.39 Å². The second kappa shape index (κ2) is 6.05. The average molecular weight is 306 g/mol.